The number of fused-ring (bicyclic) bond motifs is 1. The topological polar surface area (TPSA) is 86.6 Å². The summed E-state index contributed by atoms with van der Waals surface area (Å²) < 4.78 is 0. The second-order valence-corrected chi connectivity index (χ2v) is 5.81. The maximum Gasteiger partial charge on any atom is 0.306 e. The lowest BCUT2D eigenvalue weighted by molar-refractivity contribution is -0.141. The fourth-order valence-corrected chi connectivity index (χ4v) is 2.94. The van der Waals surface area contributed by atoms with Gasteiger partial charge in [0.05, 0.1) is 5.92 Å². The third kappa shape index (κ3) is 2.29. The predicted molar refractivity (Wildman–Crippen MR) is 60.2 cm³/mol. The normalized spacial score (nSPS) is 35.9. The molecule has 1 unspecified atom stereocenters. The van der Waals surface area contributed by atoms with Crippen molar-refractivity contribution in [3.63, 3.8) is 0 Å². The van der Waals surface area contributed by atoms with Crippen LogP contribution in [-0.2, 0) is 9.59 Å². The van der Waals surface area contributed by atoms with Gasteiger partial charge in [-0.1, -0.05) is 0 Å². The zero-order chi connectivity index (χ0) is 12.8. The minimum atomic E-state index is -1.37. The van der Waals surface area contributed by atoms with E-state index >= 15 is 0 Å². The summed E-state index contributed by atoms with van der Waals surface area (Å²) in [5, 5.41) is 21.3. The zero-order valence-corrected chi connectivity index (χ0v) is 10.1. The molecule has 2 rings (SSSR count). The van der Waals surface area contributed by atoms with Crippen molar-refractivity contribution in [3.8, 4) is 0 Å². The van der Waals surface area contributed by atoms with Crippen LogP contribution in [0.15, 0.2) is 0 Å². The first kappa shape index (κ1) is 12.4. The summed E-state index contributed by atoms with van der Waals surface area (Å²) >= 11 is 0. The molecule has 0 radical (unpaired) electrons. The van der Waals surface area contributed by atoms with Crippen molar-refractivity contribution in [2.75, 3.05) is 0 Å². The number of hydrogen-bond acceptors (Lipinski definition) is 3. The average Bonchev–Trinajstić information content (AvgIpc) is 2.50. The number of hydrogen-bond donors (Lipinski definition) is 3. The number of carbonyl (C=O) groups is 2. The molecule has 2 aliphatic rings. The Morgan fingerprint density at radius 2 is 1.88 bits per heavy atom. The highest BCUT2D eigenvalue weighted by molar-refractivity contribution is 5.84. The molecule has 17 heavy (non-hydrogen) atoms. The summed E-state index contributed by atoms with van der Waals surface area (Å²) in [6.45, 7) is 2.90. The number of carboxylic acids is 1. The summed E-state index contributed by atoms with van der Waals surface area (Å²) in [7, 11) is 0. The standard InChI is InChI=1S/C12H19NO4/c1-12(2,17)11(16)13-9-5-6-3-7(10(14)15)4-8(6)9/h6-9,17H,3-5H2,1-2H3,(H,13,16)(H,14,15)/t6-,7?,8-,9+/m0/s1. The summed E-state index contributed by atoms with van der Waals surface area (Å²) in [4.78, 5) is 22.5. The molecule has 0 spiro atoms. The number of rotatable bonds is 3. The lowest BCUT2D eigenvalue weighted by Crippen LogP contribution is -2.55. The quantitative estimate of drug-likeness (QED) is 0.666. The van der Waals surface area contributed by atoms with Crippen LogP contribution < -0.4 is 5.32 Å². The molecule has 4 atom stereocenters. The minimum absolute atomic E-state index is 0.0447. The highest BCUT2D eigenvalue weighted by atomic mass is 16.4. The zero-order valence-electron chi connectivity index (χ0n) is 10.1. The van der Waals surface area contributed by atoms with Crippen LogP contribution in [0, 0.1) is 17.8 Å². The molecule has 0 aliphatic heterocycles. The first-order valence-electron chi connectivity index (χ1n) is 6.05. The molecule has 0 aromatic carbocycles. The van der Waals surface area contributed by atoms with Gasteiger partial charge in [0.1, 0.15) is 5.60 Å². The number of aliphatic carboxylic acids is 1. The molecule has 2 aliphatic carbocycles. The Morgan fingerprint density at radius 3 is 2.41 bits per heavy atom. The van der Waals surface area contributed by atoms with Crippen LogP contribution in [0.4, 0.5) is 0 Å². The molecule has 0 bridgehead atoms. The fourth-order valence-electron chi connectivity index (χ4n) is 2.94. The van der Waals surface area contributed by atoms with E-state index in [4.69, 9.17) is 5.11 Å². The molecule has 1 amide bonds. The van der Waals surface area contributed by atoms with Gasteiger partial charge in [-0.3, -0.25) is 9.59 Å². The molecule has 0 aromatic rings. The van der Waals surface area contributed by atoms with Gasteiger partial charge in [0.25, 0.3) is 5.91 Å². The molecule has 0 saturated heterocycles. The van der Waals surface area contributed by atoms with Crippen molar-refractivity contribution < 1.29 is 19.8 Å². The molecule has 3 N–H and O–H groups in total. The summed E-state index contributed by atoms with van der Waals surface area (Å²) in [5.41, 5.74) is -1.37. The first-order chi connectivity index (χ1) is 7.79. The molecule has 0 aromatic heterocycles. The van der Waals surface area contributed by atoms with Gasteiger partial charge in [-0.2, -0.15) is 0 Å². The van der Waals surface area contributed by atoms with Crippen LogP contribution in [-0.4, -0.2) is 33.7 Å². The van der Waals surface area contributed by atoms with E-state index in [-0.39, 0.29) is 23.8 Å². The number of aliphatic hydroxyl groups is 1. The average molecular weight is 241 g/mol. The highest BCUT2D eigenvalue weighted by Crippen LogP contribution is 2.49. The third-order valence-corrected chi connectivity index (χ3v) is 4.04. The van der Waals surface area contributed by atoms with Crippen LogP contribution in [0.5, 0.6) is 0 Å². The van der Waals surface area contributed by atoms with E-state index in [0.29, 0.717) is 12.3 Å². The van der Waals surface area contributed by atoms with E-state index in [1.807, 2.05) is 0 Å². The Bertz CT molecular complexity index is 347. The van der Waals surface area contributed by atoms with Crippen molar-refractivity contribution in [2.24, 2.45) is 17.8 Å². The van der Waals surface area contributed by atoms with E-state index in [2.05, 4.69) is 5.32 Å². The number of nitrogens with one attached hydrogen (secondary N) is 1. The molecule has 5 heteroatoms. The Kier molecular flexibility index (Phi) is 2.89. The molecule has 2 fully saturated rings. The molecular formula is C12H19NO4. The van der Waals surface area contributed by atoms with Gasteiger partial charge < -0.3 is 15.5 Å². The Morgan fingerprint density at radius 1 is 1.24 bits per heavy atom. The van der Waals surface area contributed by atoms with Crippen molar-refractivity contribution in [1.29, 1.82) is 0 Å². The van der Waals surface area contributed by atoms with E-state index in [9.17, 15) is 14.7 Å². The summed E-state index contributed by atoms with van der Waals surface area (Å²) in [5.74, 6) is -0.647. The van der Waals surface area contributed by atoms with Gasteiger partial charge in [0.2, 0.25) is 0 Å². The van der Waals surface area contributed by atoms with Crippen molar-refractivity contribution in [1.82, 2.24) is 5.32 Å². The summed E-state index contributed by atoms with van der Waals surface area (Å²) in [6, 6.07) is 0.0447. The second kappa shape index (κ2) is 3.98. The fraction of sp³-hybridized carbons (Fsp3) is 0.833. The van der Waals surface area contributed by atoms with Gasteiger partial charge in [-0.25, -0.2) is 0 Å². The first-order valence-corrected chi connectivity index (χ1v) is 6.05. The second-order valence-electron chi connectivity index (χ2n) is 5.81. The minimum Gasteiger partial charge on any atom is -0.481 e. The molecule has 0 heterocycles. The number of carbonyl (C=O) groups excluding carboxylic acids is 1. The Balaban J connectivity index is 1.88. The predicted octanol–water partition coefficient (Wildman–Crippen LogP) is 0.373. The SMILES string of the molecule is CC(C)(O)C(=O)N[C@@H]1C[C@@H]2CC(C(=O)O)C[C@@H]21. The van der Waals surface area contributed by atoms with Gasteiger partial charge in [0, 0.05) is 6.04 Å². The molecular weight excluding hydrogens is 222 g/mol. The Hall–Kier alpha value is -1.10. The maximum atomic E-state index is 11.6. The van der Waals surface area contributed by atoms with Gasteiger partial charge in [0.15, 0.2) is 0 Å². The van der Waals surface area contributed by atoms with Crippen LogP contribution in [0.25, 0.3) is 0 Å². The third-order valence-electron chi connectivity index (χ3n) is 4.04. The van der Waals surface area contributed by atoms with E-state index in [1.54, 1.807) is 0 Å². The smallest absolute Gasteiger partial charge is 0.306 e. The largest absolute Gasteiger partial charge is 0.481 e. The lowest BCUT2D eigenvalue weighted by atomic mass is 9.71. The lowest BCUT2D eigenvalue weighted by Gasteiger charge is -2.41. The van der Waals surface area contributed by atoms with E-state index < -0.39 is 11.6 Å². The Labute approximate surface area is 100 Å². The van der Waals surface area contributed by atoms with Crippen molar-refractivity contribution >= 4 is 11.9 Å². The van der Waals surface area contributed by atoms with E-state index in [1.165, 1.54) is 13.8 Å². The summed E-state index contributed by atoms with van der Waals surface area (Å²) in [6.07, 6.45) is 2.22. The van der Waals surface area contributed by atoms with Gasteiger partial charge in [-0.15, -0.1) is 0 Å². The van der Waals surface area contributed by atoms with Crippen LogP contribution in [0.3, 0.4) is 0 Å². The number of carboxylic acid groups (broad SMARTS) is 1. The van der Waals surface area contributed by atoms with Gasteiger partial charge >= 0.3 is 5.97 Å². The molecule has 5 nitrogen and oxygen atoms in total. The van der Waals surface area contributed by atoms with Crippen LogP contribution in [0.2, 0.25) is 0 Å². The number of amides is 1. The van der Waals surface area contributed by atoms with E-state index in [0.717, 1.165) is 12.8 Å². The molecule has 2 saturated carbocycles. The molecule has 96 valence electrons. The monoisotopic (exact) mass is 241 g/mol. The van der Waals surface area contributed by atoms with Crippen molar-refractivity contribution in [3.05, 3.63) is 0 Å². The van der Waals surface area contributed by atoms with Crippen LogP contribution in [0.1, 0.15) is 33.1 Å². The highest BCUT2D eigenvalue weighted by Gasteiger charge is 2.50. The van der Waals surface area contributed by atoms with Crippen LogP contribution >= 0.6 is 0 Å². The van der Waals surface area contributed by atoms with Crippen molar-refractivity contribution in [2.45, 2.75) is 44.8 Å². The maximum absolute atomic E-state index is 11.6. The van der Waals surface area contributed by atoms with Gasteiger partial charge in [-0.05, 0) is 44.9 Å².